The summed E-state index contributed by atoms with van der Waals surface area (Å²) in [4.78, 5) is 29.5. The molecule has 2 aliphatic rings. The van der Waals surface area contributed by atoms with Crippen molar-refractivity contribution >= 4 is 29.1 Å². The Morgan fingerprint density at radius 2 is 1.96 bits per heavy atom. The first-order chi connectivity index (χ1) is 12.0. The van der Waals surface area contributed by atoms with E-state index < -0.39 is 6.04 Å². The minimum atomic E-state index is -0.423. The van der Waals surface area contributed by atoms with Crippen LogP contribution in [0.25, 0.3) is 0 Å². The Hall–Kier alpha value is -1.79. The van der Waals surface area contributed by atoms with Crippen LogP contribution < -0.4 is 15.5 Å². The standard InChI is InChI=1S/C18H25ClN4O2/c19-14-4-3-5-15(12-14)22-10-8-21(9-11-22)13-17(24)23-7-2-1-6-16(23)18(20)25/h3-5,12,16H,1-2,6-11,13H2,(H2,20,25)/p+1/t16-/m0/s1. The molecule has 6 nitrogen and oxygen atoms in total. The summed E-state index contributed by atoms with van der Waals surface area (Å²) in [6.45, 7) is 4.66. The summed E-state index contributed by atoms with van der Waals surface area (Å²) in [6, 6.07) is 7.45. The molecule has 0 aliphatic carbocycles. The molecule has 25 heavy (non-hydrogen) atoms. The van der Waals surface area contributed by atoms with Crippen LogP contribution in [0.5, 0.6) is 0 Å². The summed E-state index contributed by atoms with van der Waals surface area (Å²) in [5, 5.41) is 0.741. The predicted octanol–water partition coefficient (Wildman–Crippen LogP) is -0.0887. The van der Waals surface area contributed by atoms with Gasteiger partial charge in [-0.15, -0.1) is 0 Å². The Morgan fingerprint density at radius 3 is 2.64 bits per heavy atom. The van der Waals surface area contributed by atoms with Gasteiger partial charge >= 0.3 is 0 Å². The van der Waals surface area contributed by atoms with Crippen molar-refractivity contribution in [3.8, 4) is 0 Å². The van der Waals surface area contributed by atoms with Crippen molar-refractivity contribution in [2.45, 2.75) is 25.3 Å². The van der Waals surface area contributed by atoms with Crippen molar-refractivity contribution < 1.29 is 14.5 Å². The first-order valence-corrected chi connectivity index (χ1v) is 9.35. The number of piperidine rings is 1. The Balaban J connectivity index is 1.53. The molecule has 0 aromatic heterocycles. The molecule has 3 rings (SSSR count). The van der Waals surface area contributed by atoms with E-state index in [0.717, 1.165) is 49.7 Å². The number of rotatable bonds is 4. The molecule has 2 fully saturated rings. The lowest BCUT2D eigenvalue weighted by Crippen LogP contribution is -3.16. The number of halogens is 1. The van der Waals surface area contributed by atoms with Crippen LogP contribution in [0.4, 0.5) is 5.69 Å². The number of amides is 2. The van der Waals surface area contributed by atoms with Crippen LogP contribution in [0, 0.1) is 0 Å². The average molecular weight is 366 g/mol. The Labute approximate surface area is 153 Å². The van der Waals surface area contributed by atoms with Crippen molar-refractivity contribution in [1.82, 2.24) is 4.90 Å². The minimum absolute atomic E-state index is 0.0507. The number of piperazine rings is 1. The van der Waals surface area contributed by atoms with Gasteiger partial charge in [0.2, 0.25) is 5.91 Å². The van der Waals surface area contributed by atoms with E-state index in [0.29, 0.717) is 19.5 Å². The molecule has 2 saturated heterocycles. The number of nitrogens with two attached hydrogens (primary N) is 1. The van der Waals surface area contributed by atoms with Crippen molar-refractivity contribution in [2.75, 3.05) is 44.2 Å². The van der Waals surface area contributed by atoms with Crippen molar-refractivity contribution in [2.24, 2.45) is 5.73 Å². The molecule has 1 aromatic rings. The molecule has 1 aromatic carbocycles. The van der Waals surface area contributed by atoms with E-state index in [-0.39, 0.29) is 11.8 Å². The number of hydrogen-bond acceptors (Lipinski definition) is 3. The van der Waals surface area contributed by atoms with Gasteiger partial charge in [0.05, 0.1) is 26.2 Å². The average Bonchev–Trinajstić information content (AvgIpc) is 2.62. The van der Waals surface area contributed by atoms with E-state index in [9.17, 15) is 9.59 Å². The lowest BCUT2D eigenvalue weighted by atomic mass is 10.0. The highest BCUT2D eigenvalue weighted by Crippen LogP contribution is 2.19. The highest BCUT2D eigenvalue weighted by molar-refractivity contribution is 6.30. The van der Waals surface area contributed by atoms with E-state index >= 15 is 0 Å². The molecule has 0 saturated carbocycles. The second-order valence-corrected chi connectivity index (χ2v) is 7.33. The first-order valence-electron chi connectivity index (χ1n) is 8.97. The maximum Gasteiger partial charge on any atom is 0.278 e. The van der Waals surface area contributed by atoms with E-state index in [1.165, 1.54) is 4.90 Å². The van der Waals surface area contributed by atoms with Gasteiger partial charge < -0.3 is 20.4 Å². The highest BCUT2D eigenvalue weighted by atomic mass is 35.5. The normalized spacial score (nSPS) is 22.0. The summed E-state index contributed by atoms with van der Waals surface area (Å²) in [5.41, 5.74) is 6.59. The quantitative estimate of drug-likeness (QED) is 0.783. The summed E-state index contributed by atoms with van der Waals surface area (Å²) in [6.07, 6.45) is 2.61. The largest absolute Gasteiger partial charge is 0.368 e. The third kappa shape index (κ3) is 4.44. The number of quaternary nitrogens is 1. The zero-order valence-corrected chi connectivity index (χ0v) is 15.2. The summed E-state index contributed by atoms with van der Waals surface area (Å²) in [5.74, 6) is -0.330. The number of anilines is 1. The number of likely N-dealkylation sites (tertiary alicyclic amines) is 1. The zero-order valence-electron chi connectivity index (χ0n) is 14.4. The third-order valence-corrected chi connectivity index (χ3v) is 5.43. The van der Waals surface area contributed by atoms with Gasteiger partial charge in [0.1, 0.15) is 6.04 Å². The molecule has 136 valence electrons. The number of benzene rings is 1. The van der Waals surface area contributed by atoms with E-state index in [4.69, 9.17) is 17.3 Å². The van der Waals surface area contributed by atoms with Crippen LogP contribution in [0.15, 0.2) is 24.3 Å². The maximum absolute atomic E-state index is 12.6. The Morgan fingerprint density at radius 1 is 1.20 bits per heavy atom. The van der Waals surface area contributed by atoms with Crippen LogP contribution in [-0.2, 0) is 9.59 Å². The molecule has 0 spiro atoms. The second kappa shape index (κ2) is 8.06. The van der Waals surface area contributed by atoms with Gasteiger partial charge in [-0.05, 0) is 37.5 Å². The van der Waals surface area contributed by atoms with Crippen molar-refractivity contribution in [3.05, 3.63) is 29.3 Å². The monoisotopic (exact) mass is 365 g/mol. The Bertz CT molecular complexity index is 631. The van der Waals surface area contributed by atoms with Gasteiger partial charge in [0.15, 0.2) is 6.54 Å². The second-order valence-electron chi connectivity index (χ2n) is 6.89. The molecule has 0 unspecified atom stereocenters. The molecule has 2 amide bonds. The number of nitrogens with one attached hydrogen (secondary N) is 1. The maximum atomic E-state index is 12.6. The number of carbonyl (C=O) groups excluding carboxylic acids is 2. The van der Waals surface area contributed by atoms with Crippen LogP contribution in [0.2, 0.25) is 5.02 Å². The van der Waals surface area contributed by atoms with E-state index in [1.807, 2.05) is 18.2 Å². The molecule has 2 heterocycles. The topological polar surface area (TPSA) is 71.1 Å². The fraction of sp³-hybridized carbons (Fsp3) is 0.556. The molecular weight excluding hydrogens is 340 g/mol. The number of primary amides is 1. The number of carbonyl (C=O) groups is 2. The van der Waals surface area contributed by atoms with E-state index in [1.54, 1.807) is 4.90 Å². The molecule has 7 heteroatoms. The summed E-state index contributed by atoms with van der Waals surface area (Å²) in [7, 11) is 0. The van der Waals surface area contributed by atoms with Gasteiger partial charge in [0, 0.05) is 17.3 Å². The molecule has 2 aliphatic heterocycles. The fourth-order valence-electron chi connectivity index (χ4n) is 3.77. The van der Waals surface area contributed by atoms with Crippen LogP contribution in [0.1, 0.15) is 19.3 Å². The van der Waals surface area contributed by atoms with Crippen LogP contribution >= 0.6 is 11.6 Å². The summed E-state index contributed by atoms with van der Waals surface area (Å²) >= 11 is 6.07. The van der Waals surface area contributed by atoms with E-state index in [2.05, 4.69) is 11.0 Å². The Kier molecular flexibility index (Phi) is 5.81. The van der Waals surface area contributed by atoms with Gasteiger partial charge in [-0.2, -0.15) is 0 Å². The molecule has 0 bridgehead atoms. The van der Waals surface area contributed by atoms with Gasteiger partial charge in [-0.1, -0.05) is 17.7 Å². The third-order valence-electron chi connectivity index (χ3n) is 5.20. The fourth-order valence-corrected chi connectivity index (χ4v) is 3.96. The zero-order chi connectivity index (χ0) is 17.8. The first kappa shape index (κ1) is 18.0. The predicted molar refractivity (Wildman–Crippen MR) is 97.8 cm³/mol. The van der Waals surface area contributed by atoms with Gasteiger partial charge in [-0.3, -0.25) is 9.59 Å². The van der Waals surface area contributed by atoms with Gasteiger partial charge in [0.25, 0.3) is 5.91 Å². The molecule has 0 radical (unpaired) electrons. The van der Waals surface area contributed by atoms with Crippen molar-refractivity contribution in [3.63, 3.8) is 0 Å². The molecule has 1 atom stereocenters. The minimum Gasteiger partial charge on any atom is -0.368 e. The number of nitrogens with zero attached hydrogens (tertiary/aromatic N) is 2. The lowest BCUT2D eigenvalue weighted by molar-refractivity contribution is -0.892. The molecule has 3 N–H and O–H groups in total. The number of hydrogen-bond donors (Lipinski definition) is 2. The molecular formula is C18H26ClN4O2+. The summed E-state index contributed by atoms with van der Waals surface area (Å²) < 4.78 is 0. The highest BCUT2D eigenvalue weighted by Gasteiger charge is 2.33. The smallest absolute Gasteiger partial charge is 0.278 e. The van der Waals surface area contributed by atoms with Crippen LogP contribution in [-0.4, -0.2) is 62.0 Å². The van der Waals surface area contributed by atoms with Crippen molar-refractivity contribution in [1.29, 1.82) is 0 Å². The lowest BCUT2D eigenvalue weighted by Gasteiger charge is -2.37. The SMILES string of the molecule is NC(=O)[C@@H]1CCCCN1C(=O)C[NH+]1CCN(c2cccc(Cl)c2)CC1. The van der Waals surface area contributed by atoms with Gasteiger partial charge in [-0.25, -0.2) is 0 Å². The van der Waals surface area contributed by atoms with Crippen LogP contribution in [0.3, 0.4) is 0 Å².